The standard InChI is InChI=1S/C17H23BrN2S/c1-4-8-19-11-15(14-6-5-7-16(18)9-14)10-17-20-12(2)13(3)21-17/h5-7,9,15,19H,4,8,10-11H2,1-3H3. The summed E-state index contributed by atoms with van der Waals surface area (Å²) < 4.78 is 1.15. The van der Waals surface area contributed by atoms with Gasteiger partial charge < -0.3 is 5.32 Å². The van der Waals surface area contributed by atoms with Gasteiger partial charge in [-0.1, -0.05) is 35.0 Å². The maximum Gasteiger partial charge on any atom is 0.0937 e. The topological polar surface area (TPSA) is 24.9 Å². The van der Waals surface area contributed by atoms with Crippen molar-refractivity contribution in [2.24, 2.45) is 0 Å². The van der Waals surface area contributed by atoms with Crippen molar-refractivity contribution < 1.29 is 0 Å². The van der Waals surface area contributed by atoms with Crippen LogP contribution in [0.4, 0.5) is 0 Å². The molecule has 2 aromatic rings. The van der Waals surface area contributed by atoms with Crippen LogP contribution in [0.2, 0.25) is 0 Å². The smallest absolute Gasteiger partial charge is 0.0937 e. The molecular weight excluding hydrogens is 344 g/mol. The zero-order valence-electron chi connectivity index (χ0n) is 12.9. The number of aromatic nitrogens is 1. The van der Waals surface area contributed by atoms with Crippen molar-refractivity contribution in [2.45, 2.75) is 39.5 Å². The number of thiazole rings is 1. The maximum atomic E-state index is 4.71. The Hall–Kier alpha value is -0.710. The first-order valence-corrected chi connectivity index (χ1v) is 9.10. The van der Waals surface area contributed by atoms with Crippen LogP contribution in [0.3, 0.4) is 0 Å². The first kappa shape index (κ1) is 16.7. The maximum absolute atomic E-state index is 4.71. The van der Waals surface area contributed by atoms with Crippen molar-refractivity contribution in [3.63, 3.8) is 0 Å². The Morgan fingerprint density at radius 2 is 2.14 bits per heavy atom. The second-order valence-corrected chi connectivity index (χ2v) is 7.61. The van der Waals surface area contributed by atoms with E-state index >= 15 is 0 Å². The molecule has 1 atom stereocenters. The van der Waals surface area contributed by atoms with Gasteiger partial charge in [0.1, 0.15) is 0 Å². The summed E-state index contributed by atoms with van der Waals surface area (Å²) in [6.45, 7) is 8.52. The predicted molar refractivity (Wildman–Crippen MR) is 95.3 cm³/mol. The van der Waals surface area contributed by atoms with E-state index in [0.29, 0.717) is 5.92 Å². The number of hydrogen-bond acceptors (Lipinski definition) is 3. The molecule has 4 heteroatoms. The lowest BCUT2D eigenvalue weighted by Crippen LogP contribution is -2.23. The molecule has 0 saturated heterocycles. The Bertz CT molecular complexity index is 560. The molecule has 21 heavy (non-hydrogen) atoms. The quantitative estimate of drug-likeness (QED) is 0.708. The molecule has 114 valence electrons. The van der Waals surface area contributed by atoms with Gasteiger partial charge in [-0.3, -0.25) is 0 Å². The van der Waals surface area contributed by atoms with Gasteiger partial charge in [-0.2, -0.15) is 0 Å². The molecule has 1 heterocycles. The third kappa shape index (κ3) is 4.90. The zero-order chi connectivity index (χ0) is 15.2. The van der Waals surface area contributed by atoms with Crippen molar-refractivity contribution in [3.05, 3.63) is 49.9 Å². The lowest BCUT2D eigenvalue weighted by Gasteiger charge is -2.17. The third-order valence-corrected chi connectivity index (χ3v) is 5.22. The van der Waals surface area contributed by atoms with Gasteiger partial charge in [0.15, 0.2) is 0 Å². The molecule has 0 amide bonds. The fourth-order valence-corrected chi connectivity index (χ4v) is 3.79. The van der Waals surface area contributed by atoms with Crippen LogP contribution in [0, 0.1) is 13.8 Å². The van der Waals surface area contributed by atoms with E-state index < -0.39 is 0 Å². The normalized spacial score (nSPS) is 12.6. The molecule has 2 nitrogen and oxygen atoms in total. The molecule has 0 radical (unpaired) electrons. The number of hydrogen-bond donors (Lipinski definition) is 1. The largest absolute Gasteiger partial charge is 0.316 e. The van der Waals surface area contributed by atoms with E-state index in [4.69, 9.17) is 4.98 Å². The number of aryl methyl sites for hydroxylation is 2. The Morgan fingerprint density at radius 3 is 2.76 bits per heavy atom. The SMILES string of the molecule is CCCNCC(Cc1nc(C)c(C)s1)c1cccc(Br)c1. The number of nitrogens with one attached hydrogen (secondary N) is 1. The summed E-state index contributed by atoms with van der Waals surface area (Å²) in [5, 5.41) is 4.80. The van der Waals surface area contributed by atoms with Crippen molar-refractivity contribution in [2.75, 3.05) is 13.1 Å². The minimum absolute atomic E-state index is 0.471. The van der Waals surface area contributed by atoms with Crippen LogP contribution in [-0.2, 0) is 6.42 Å². The Kier molecular flexibility index (Phi) is 6.40. The molecule has 0 saturated carbocycles. The molecular formula is C17H23BrN2S. The lowest BCUT2D eigenvalue weighted by atomic mass is 9.96. The summed E-state index contributed by atoms with van der Waals surface area (Å²) in [5.74, 6) is 0.471. The van der Waals surface area contributed by atoms with Gasteiger partial charge in [0.25, 0.3) is 0 Å². The molecule has 1 aromatic carbocycles. The lowest BCUT2D eigenvalue weighted by molar-refractivity contribution is 0.575. The van der Waals surface area contributed by atoms with Crippen LogP contribution < -0.4 is 5.32 Å². The molecule has 1 aromatic heterocycles. The first-order valence-electron chi connectivity index (χ1n) is 7.49. The second kappa shape index (κ2) is 8.06. The molecule has 0 aliphatic heterocycles. The number of halogens is 1. The molecule has 0 spiro atoms. The summed E-state index contributed by atoms with van der Waals surface area (Å²) in [5.41, 5.74) is 2.54. The minimum atomic E-state index is 0.471. The van der Waals surface area contributed by atoms with E-state index in [1.54, 1.807) is 0 Å². The molecule has 0 bridgehead atoms. The van der Waals surface area contributed by atoms with Gasteiger partial charge in [0.05, 0.1) is 10.7 Å². The van der Waals surface area contributed by atoms with E-state index in [1.165, 1.54) is 27.6 Å². The average molecular weight is 367 g/mol. The third-order valence-electron chi connectivity index (χ3n) is 3.63. The Morgan fingerprint density at radius 1 is 1.33 bits per heavy atom. The van der Waals surface area contributed by atoms with Crippen LogP contribution in [0.25, 0.3) is 0 Å². The van der Waals surface area contributed by atoms with Gasteiger partial charge in [0.2, 0.25) is 0 Å². The van der Waals surface area contributed by atoms with Gasteiger partial charge in [-0.15, -0.1) is 11.3 Å². The highest BCUT2D eigenvalue weighted by Crippen LogP contribution is 2.26. The van der Waals surface area contributed by atoms with Crippen LogP contribution in [-0.4, -0.2) is 18.1 Å². The van der Waals surface area contributed by atoms with E-state index in [0.717, 1.165) is 24.0 Å². The molecule has 1 N–H and O–H groups in total. The number of nitrogens with zero attached hydrogens (tertiary/aromatic N) is 1. The van der Waals surface area contributed by atoms with Crippen molar-refractivity contribution in [1.29, 1.82) is 0 Å². The predicted octanol–water partition coefficient (Wildman–Crippen LogP) is 4.85. The summed E-state index contributed by atoms with van der Waals surface area (Å²) in [7, 11) is 0. The Labute approximate surface area is 140 Å². The van der Waals surface area contributed by atoms with Gasteiger partial charge in [0, 0.05) is 28.2 Å². The molecule has 0 fully saturated rings. The molecule has 0 aliphatic carbocycles. The Balaban J connectivity index is 2.15. The summed E-state index contributed by atoms with van der Waals surface area (Å²) in [4.78, 5) is 6.04. The van der Waals surface area contributed by atoms with E-state index in [1.807, 2.05) is 11.3 Å². The van der Waals surface area contributed by atoms with Crippen LogP contribution in [0.5, 0.6) is 0 Å². The summed E-state index contributed by atoms with van der Waals surface area (Å²) in [6, 6.07) is 8.64. The highest BCUT2D eigenvalue weighted by Gasteiger charge is 2.15. The molecule has 2 rings (SSSR count). The fourth-order valence-electron chi connectivity index (χ4n) is 2.36. The van der Waals surface area contributed by atoms with Gasteiger partial charge in [-0.05, 0) is 44.5 Å². The number of rotatable bonds is 7. The van der Waals surface area contributed by atoms with Crippen molar-refractivity contribution in [3.8, 4) is 0 Å². The van der Waals surface area contributed by atoms with E-state index in [2.05, 4.69) is 66.3 Å². The summed E-state index contributed by atoms with van der Waals surface area (Å²) in [6.07, 6.45) is 2.17. The van der Waals surface area contributed by atoms with E-state index in [-0.39, 0.29) is 0 Å². The van der Waals surface area contributed by atoms with Crippen molar-refractivity contribution in [1.82, 2.24) is 10.3 Å². The zero-order valence-corrected chi connectivity index (χ0v) is 15.4. The molecule has 1 unspecified atom stereocenters. The monoisotopic (exact) mass is 366 g/mol. The summed E-state index contributed by atoms with van der Waals surface area (Å²) >= 11 is 5.41. The first-order chi connectivity index (χ1) is 10.1. The fraction of sp³-hybridized carbons (Fsp3) is 0.471. The van der Waals surface area contributed by atoms with Gasteiger partial charge in [-0.25, -0.2) is 4.98 Å². The van der Waals surface area contributed by atoms with E-state index in [9.17, 15) is 0 Å². The van der Waals surface area contributed by atoms with Gasteiger partial charge >= 0.3 is 0 Å². The average Bonchev–Trinajstić information content (AvgIpc) is 2.76. The van der Waals surface area contributed by atoms with Crippen molar-refractivity contribution >= 4 is 27.3 Å². The molecule has 0 aliphatic rings. The second-order valence-electron chi connectivity index (χ2n) is 5.41. The van der Waals surface area contributed by atoms with Crippen LogP contribution in [0.1, 0.15) is 40.4 Å². The highest BCUT2D eigenvalue weighted by atomic mass is 79.9. The minimum Gasteiger partial charge on any atom is -0.316 e. The van der Waals surface area contributed by atoms with Crippen LogP contribution in [0.15, 0.2) is 28.7 Å². The highest BCUT2D eigenvalue weighted by molar-refractivity contribution is 9.10. The van der Waals surface area contributed by atoms with Crippen LogP contribution >= 0.6 is 27.3 Å². The number of benzene rings is 1.